The summed E-state index contributed by atoms with van der Waals surface area (Å²) in [5.41, 5.74) is 5.84. The number of carbonyl (C=O) groups excluding carboxylic acids is 1. The lowest BCUT2D eigenvalue weighted by molar-refractivity contribution is 0.102. The molecule has 1 saturated heterocycles. The van der Waals surface area contributed by atoms with E-state index in [0.717, 1.165) is 31.9 Å². The molecule has 2 aromatic heterocycles. The van der Waals surface area contributed by atoms with Gasteiger partial charge in [-0.1, -0.05) is 12.1 Å². The molecular formula is C35H37FN6O2. The normalized spacial score (nSPS) is 19.5. The molecule has 8 nitrogen and oxygen atoms in total. The number of rotatable bonds is 6. The Kier molecular flexibility index (Phi) is 7.42. The molecule has 0 radical (unpaired) electrons. The number of likely N-dealkylation sites (N-methyl/N-ethyl adjacent to an activating group) is 1. The summed E-state index contributed by atoms with van der Waals surface area (Å²) in [6.07, 6.45) is 8.33. The van der Waals surface area contributed by atoms with Crippen molar-refractivity contribution in [2.75, 3.05) is 48.8 Å². The molecule has 1 saturated carbocycles. The van der Waals surface area contributed by atoms with E-state index in [1.165, 1.54) is 47.4 Å². The van der Waals surface area contributed by atoms with Gasteiger partial charge in [0.05, 0.1) is 17.6 Å². The SMILES string of the molecule is CN1CCN(c2ccc(Nc3cc(-c4ccc(F)c(NC(=O)c5ccc6c(c5)C5CCC6CC5)c4)cn(C)c3=O)nc2)CC1. The molecule has 44 heavy (non-hydrogen) atoms. The van der Waals surface area contributed by atoms with E-state index in [1.807, 2.05) is 30.5 Å². The Labute approximate surface area is 256 Å². The van der Waals surface area contributed by atoms with Crippen molar-refractivity contribution in [2.45, 2.75) is 37.5 Å². The molecule has 9 heteroatoms. The fourth-order valence-electron chi connectivity index (χ4n) is 6.96. The monoisotopic (exact) mass is 592 g/mol. The first-order chi connectivity index (χ1) is 21.3. The Morgan fingerprint density at radius 1 is 0.841 bits per heavy atom. The Morgan fingerprint density at radius 3 is 2.30 bits per heavy atom. The Morgan fingerprint density at radius 2 is 1.57 bits per heavy atom. The second-order valence-electron chi connectivity index (χ2n) is 12.4. The number of fused-ring (bicyclic) bond motifs is 2. The average molecular weight is 593 g/mol. The van der Waals surface area contributed by atoms with E-state index in [0.29, 0.717) is 40.0 Å². The number of anilines is 4. The Balaban J connectivity index is 1.10. The number of nitrogens with one attached hydrogen (secondary N) is 2. The van der Waals surface area contributed by atoms with E-state index < -0.39 is 5.82 Å². The standard InChI is InChI=1S/C35H37FN6O2/c1-40-13-15-42(16-14-40)27-9-12-33(37-20-27)38-32-19-26(21-41(2)35(32)44)24-8-11-30(36)31(18-24)39-34(43)25-7-10-28-22-3-5-23(6-4-22)29(28)17-25/h7-12,17-23H,3-6,13-16H2,1-2H3,(H,37,38)(H,39,43). The molecule has 0 atom stereocenters. The molecule has 2 N–H and O–H groups in total. The van der Waals surface area contributed by atoms with E-state index in [1.54, 1.807) is 31.4 Å². The molecule has 2 bridgehead atoms. The third kappa shape index (κ3) is 5.48. The van der Waals surface area contributed by atoms with Crippen LogP contribution in [0.25, 0.3) is 11.1 Å². The lowest BCUT2D eigenvalue weighted by atomic mass is 9.67. The minimum Gasteiger partial charge on any atom is -0.368 e. The van der Waals surface area contributed by atoms with Crippen molar-refractivity contribution in [3.05, 3.63) is 99.9 Å². The lowest BCUT2D eigenvalue weighted by Gasteiger charge is -2.38. The lowest BCUT2D eigenvalue weighted by Crippen LogP contribution is -2.44. The van der Waals surface area contributed by atoms with Crippen molar-refractivity contribution in [2.24, 2.45) is 7.05 Å². The summed E-state index contributed by atoms with van der Waals surface area (Å²) in [5.74, 6) is 0.814. The summed E-state index contributed by atoms with van der Waals surface area (Å²) in [5, 5.41) is 5.95. The van der Waals surface area contributed by atoms with E-state index >= 15 is 0 Å². The van der Waals surface area contributed by atoms with Crippen LogP contribution in [-0.2, 0) is 7.05 Å². The van der Waals surface area contributed by atoms with Gasteiger partial charge < -0.3 is 25.0 Å². The summed E-state index contributed by atoms with van der Waals surface area (Å²) < 4.78 is 16.4. The van der Waals surface area contributed by atoms with Gasteiger partial charge in [0.2, 0.25) is 0 Å². The van der Waals surface area contributed by atoms with Gasteiger partial charge in [-0.05, 0) is 104 Å². The van der Waals surface area contributed by atoms with Gasteiger partial charge in [0.1, 0.15) is 17.3 Å². The van der Waals surface area contributed by atoms with E-state index in [-0.39, 0.29) is 17.2 Å². The van der Waals surface area contributed by atoms with Crippen LogP contribution in [-0.4, -0.2) is 53.6 Å². The summed E-state index contributed by atoms with van der Waals surface area (Å²) in [7, 11) is 3.80. The summed E-state index contributed by atoms with van der Waals surface area (Å²) in [6, 6.07) is 16.2. The number of aromatic nitrogens is 2. The maximum Gasteiger partial charge on any atom is 0.274 e. The van der Waals surface area contributed by atoms with Crippen molar-refractivity contribution in [3.8, 4) is 11.1 Å². The summed E-state index contributed by atoms with van der Waals surface area (Å²) in [6.45, 7) is 3.91. The predicted octanol–water partition coefficient (Wildman–Crippen LogP) is 6.09. The molecule has 3 heterocycles. The molecule has 4 aliphatic rings. The molecule has 0 spiro atoms. The number of pyridine rings is 2. The predicted molar refractivity (Wildman–Crippen MR) is 173 cm³/mol. The second kappa shape index (κ2) is 11.5. The van der Waals surface area contributed by atoms with Crippen LogP contribution in [0.2, 0.25) is 0 Å². The van der Waals surface area contributed by atoms with Crippen molar-refractivity contribution in [1.82, 2.24) is 14.5 Å². The smallest absolute Gasteiger partial charge is 0.274 e. The van der Waals surface area contributed by atoms with Gasteiger partial charge >= 0.3 is 0 Å². The number of benzene rings is 2. The number of aryl methyl sites for hydroxylation is 1. The van der Waals surface area contributed by atoms with Gasteiger partial charge in [-0.3, -0.25) is 9.59 Å². The zero-order valence-corrected chi connectivity index (χ0v) is 25.1. The van der Waals surface area contributed by atoms with Gasteiger partial charge in [-0.15, -0.1) is 0 Å². The molecular weight excluding hydrogens is 555 g/mol. The maximum atomic E-state index is 15.0. The van der Waals surface area contributed by atoms with Crippen LogP contribution < -0.4 is 21.1 Å². The molecule has 0 unspecified atom stereocenters. The molecule has 2 aromatic carbocycles. The van der Waals surface area contributed by atoms with Crippen LogP contribution in [0.3, 0.4) is 0 Å². The van der Waals surface area contributed by atoms with Crippen LogP contribution in [0.5, 0.6) is 0 Å². The minimum absolute atomic E-state index is 0.0938. The first-order valence-corrected chi connectivity index (χ1v) is 15.4. The molecule has 2 fully saturated rings. The Hall–Kier alpha value is -4.50. The first kappa shape index (κ1) is 28.3. The van der Waals surface area contributed by atoms with Gasteiger partial charge in [-0.25, -0.2) is 9.37 Å². The van der Waals surface area contributed by atoms with Crippen molar-refractivity contribution in [1.29, 1.82) is 0 Å². The number of amides is 1. The highest BCUT2D eigenvalue weighted by Gasteiger charge is 2.33. The largest absolute Gasteiger partial charge is 0.368 e. The molecule has 1 amide bonds. The highest BCUT2D eigenvalue weighted by Crippen LogP contribution is 2.49. The number of halogens is 1. The average Bonchev–Trinajstić information content (AvgIpc) is 3.05. The molecule has 3 aliphatic carbocycles. The number of carbonyl (C=O) groups is 1. The highest BCUT2D eigenvalue weighted by atomic mass is 19.1. The van der Waals surface area contributed by atoms with Crippen molar-refractivity contribution >= 4 is 28.8 Å². The van der Waals surface area contributed by atoms with E-state index in [9.17, 15) is 14.0 Å². The molecule has 1 aliphatic heterocycles. The highest BCUT2D eigenvalue weighted by molar-refractivity contribution is 6.04. The van der Waals surface area contributed by atoms with Crippen LogP contribution in [0, 0.1) is 5.82 Å². The fraction of sp³-hybridized carbons (Fsp3) is 0.343. The van der Waals surface area contributed by atoms with Crippen LogP contribution >= 0.6 is 0 Å². The number of nitrogens with zero attached hydrogens (tertiary/aromatic N) is 4. The van der Waals surface area contributed by atoms with E-state index in [2.05, 4.69) is 38.5 Å². The Bertz CT molecular complexity index is 1770. The topological polar surface area (TPSA) is 82.5 Å². The van der Waals surface area contributed by atoms with Gasteiger partial charge in [0.15, 0.2) is 0 Å². The van der Waals surface area contributed by atoms with Crippen molar-refractivity contribution in [3.63, 3.8) is 0 Å². The van der Waals surface area contributed by atoms with Gasteiger partial charge in [0, 0.05) is 50.6 Å². The van der Waals surface area contributed by atoms with Crippen LogP contribution in [0.4, 0.5) is 27.3 Å². The molecule has 8 rings (SSSR count). The number of piperazine rings is 1. The van der Waals surface area contributed by atoms with Gasteiger partial charge in [0.25, 0.3) is 11.5 Å². The minimum atomic E-state index is -0.521. The zero-order chi connectivity index (χ0) is 30.4. The fourth-order valence-corrected chi connectivity index (χ4v) is 6.96. The summed E-state index contributed by atoms with van der Waals surface area (Å²) >= 11 is 0. The molecule has 4 aromatic rings. The van der Waals surface area contributed by atoms with E-state index in [4.69, 9.17) is 0 Å². The number of hydrogen-bond acceptors (Lipinski definition) is 6. The van der Waals surface area contributed by atoms with Crippen molar-refractivity contribution < 1.29 is 9.18 Å². The molecule has 226 valence electrons. The third-order valence-corrected chi connectivity index (χ3v) is 9.57. The van der Waals surface area contributed by atoms with Crippen LogP contribution in [0.15, 0.2) is 71.8 Å². The quantitative estimate of drug-likeness (QED) is 0.282. The second-order valence-corrected chi connectivity index (χ2v) is 12.4. The first-order valence-electron chi connectivity index (χ1n) is 15.4. The van der Waals surface area contributed by atoms with Crippen LogP contribution in [0.1, 0.15) is 59.0 Å². The zero-order valence-electron chi connectivity index (χ0n) is 25.1. The maximum absolute atomic E-state index is 15.0. The van der Waals surface area contributed by atoms with Gasteiger partial charge in [-0.2, -0.15) is 0 Å². The summed E-state index contributed by atoms with van der Waals surface area (Å²) in [4.78, 5) is 35.4. The number of hydrogen-bond donors (Lipinski definition) is 2. The third-order valence-electron chi connectivity index (χ3n) is 9.57.